The first kappa shape index (κ1) is 16.9. The Morgan fingerprint density at radius 3 is 2.96 bits per heavy atom. The van der Waals surface area contributed by atoms with E-state index in [1.165, 1.54) is 11.8 Å². The van der Waals surface area contributed by atoms with Crippen LogP contribution >= 0.6 is 0 Å². The SMILES string of the molecule is C=C(NCCc1ccc2c(n1)[N+](=C)CCC2)Oc1ccc(ON)nc1. The molecule has 0 aromatic carbocycles. The number of rotatable bonds is 7. The summed E-state index contributed by atoms with van der Waals surface area (Å²) >= 11 is 0. The molecular weight excluding hydrogens is 318 g/mol. The lowest BCUT2D eigenvalue weighted by Gasteiger charge is -2.13. The lowest BCUT2D eigenvalue weighted by molar-refractivity contribution is -0.441. The Kier molecular flexibility index (Phi) is 5.25. The standard InChI is InChI=1S/C18H22N5O2/c1-13(24-16-7-8-17(25-19)21-12-16)20-10-9-15-6-5-14-4-3-11-23(2)18(14)22-15/h5-8,12,20H,1-4,9-11,19H2/q+1. The van der Waals surface area contributed by atoms with E-state index in [1.807, 2.05) is 4.58 Å². The van der Waals surface area contributed by atoms with Gasteiger partial charge in [-0.3, -0.25) is 0 Å². The number of nitrogens with zero attached hydrogens (tertiary/aromatic N) is 3. The van der Waals surface area contributed by atoms with Gasteiger partial charge in [-0.25, -0.2) is 9.56 Å². The molecule has 0 fully saturated rings. The number of nitrogens with one attached hydrogen (secondary N) is 1. The Morgan fingerprint density at radius 1 is 1.32 bits per heavy atom. The fourth-order valence-electron chi connectivity index (χ4n) is 2.70. The van der Waals surface area contributed by atoms with E-state index in [2.05, 4.69) is 40.6 Å². The lowest BCUT2D eigenvalue weighted by atomic mass is 10.1. The molecule has 7 nitrogen and oxygen atoms in total. The molecule has 3 rings (SSSR count). The average Bonchev–Trinajstić information content (AvgIpc) is 2.63. The van der Waals surface area contributed by atoms with Crippen LogP contribution < -0.4 is 20.8 Å². The van der Waals surface area contributed by atoms with Gasteiger partial charge in [0.15, 0.2) is 11.6 Å². The van der Waals surface area contributed by atoms with Crippen LogP contribution in [0.2, 0.25) is 0 Å². The van der Waals surface area contributed by atoms with Crippen LogP contribution in [0.25, 0.3) is 0 Å². The molecule has 3 heterocycles. The normalized spacial score (nSPS) is 13.1. The topological polar surface area (TPSA) is 85.3 Å². The van der Waals surface area contributed by atoms with Crippen LogP contribution in [0.4, 0.5) is 5.82 Å². The molecule has 0 amide bonds. The average molecular weight is 340 g/mol. The quantitative estimate of drug-likeness (QED) is 0.453. The molecule has 2 aromatic rings. The number of hydrogen-bond donors (Lipinski definition) is 2. The van der Waals surface area contributed by atoms with Gasteiger partial charge in [0.25, 0.3) is 0 Å². The van der Waals surface area contributed by atoms with Crippen molar-refractivity contribution >= 4 is 12.5 Å². The van der Waals surface area contributed by atoms with E-state index < -0.39 is 0 Å². The first-order chi connectivity index (χ1) is 12.2. The molecule has 2 aromatic heterocycles. The minimum absolute atomic E-state index is 0.323. The fraction of sp³-hybridized carbons (Fsp3) is 0.278. The summed E-state index contributed by atoms with van der Waals surface area (Å²) in [6.07, 6.45) is 4.48. The van der Waals surface area contributed by atoms with Crippen molar-refractivity contribution in [3.8, 4) is 11.6 Å². The van der Waals surface area contributed by atoms with Gasteiger partial charge >= 0.3 is 5.82 Å². The predicted molar refractivity (Wildman–Crippen MR) is 95.0 cm³/mol. The molecule has 3 N–H and O–H groups in total. The highest BCUT2D eigenvalue weighted by Gasteiger charge is 2.21. The summed E-state index contributed by atoms with van der Waals surface area (Å²) in [6, 6.07) is 7.53. The minimum atomic E-state index is 0.323. The van der Waals surface area contributed by atoms with Crippen LogP contribution in [0.1, 0.15) is 17.7 Å². The highest BCUT2D eigenvalue weighted by molar-refractivity contribution is 5.38. The van der Waals surface area contributed by atoms with E-state index in [0.717, 1.165) is 37.3 Å². The van der Waals surface area contributed by atoms with Gasteiger partial charge in [-0.1, -0.05) is 0 Å². The van der Waals surface area contributed by atoms with E-state index in [1.54, 1.807) is 12.1 Å². The molecule has 0 aliphatic carbocycles. The van der Waals surface area contributed by atoms with Gasteiger partial charge < -0.3 is 14.9 Å². The van der Waals surface area contributed by atoms with Crippen molar-refractivity contribution < 1.29 is 14.1 Å². The van der Waals surface area contributed by atoms with E-state index in [0.29, 0.717) is 24.1 Å². The number of aryl methyl sites for hydroxylation is 1. The Bertz CT molecular complexity index is 774. The van der Waals surface area contributed by atoms with Gasteiger partial charge in [-0.15, -0.1) is 0 Å². The maximum Gasteiger partial charge on any atom is 0.325 e. The Labute approximate surface area is 146 Å². The van der Waals surface area contributed by atoms with E-state index in [-0.39, 0.29) is 0 Å². The zero-order valence-electron chi connectivity index (χ0n) is 14.1. The molecule has 0 bridgehead atoms. The Balaban J connectivity index is 1.49. The van der Waals surface area contributed by atoms with Crippen LogP contribution in [0.3, 0.4) is 0 Å². The van der Waals surface area contributed by atoms with Crippen molar-refractivity contribution in [2.24, 2.45) is 5.90 Å². The van der Waals surface area contributed by atoms with Gasteiger partial charge in [0.2, 0.25) is 5.88 Å². The summed E-state index contributed by atoms with van der Waals surface area (Å²) in [5.74, 6) is 7.34. The van der Waals surface area contributed by atoms with Crippen molar-refractivity contribution in [3.05, 3.63) is 54.2 Å². The molecular formula is C18H22N5O2+. The fourth-order valence-corrected chi connectivity index (χ4v) is 2.70. The summed E-state index contributed by atoms with van der Waals surface area (Å²) in [4.78, 5) is 13.2. The highest BCUT2D eigenvalue weighted by atomic mass is 16.6. The maximum atomic E-state index is 5.56. The molecule has 0 saturated carbocycles. The number of fused-ring (bicyclic) bond motifs is 1. The molecule has 7 heteroatoms. The number of aromatic nitrogens is 2. The minimum Gasteiger partial charge on any atom is -0.440 e. The second-order valence-electron chi connectivity index (χ2n) is 5.80. The van der Waals surface area contributed by atoms with E-state index >= 15 is 0 Å². The van der Waals surface area contributed by atoms with Gasteiger partial charge in [-0.2, -0.15) is 5.90 Å². The van der Waals surface area contributed by atoms with Crippen molar-refractivity contribution in [2.75, 3.05) is 13.1 Å². The van der Waals surface area contributed by atoms with Crippen molar-refractivity contribution in [2.45, 2.75) is 19.3 Å². The van der Waals surface area contributed by atoms with Crippen LogP contribution in [-0.2, 0) is 12.8 Å². The molecule has 0 spiro atoms. The van der Waals surface area contributed by atoms with Crippen molar-refractivity contribution in [1.82, 2.24) is 15.3 Å². The Morgan fingerprint density at radius 2 is 2.20 bits per heavy atom. The largest absolute Gasteiger partial charge is 0.440 e. The van der Waals surface area contributed by atoms with Gasteiger partial charge in [-0.05, 0) is 42.6 Å². The summed E-state index contributed by atoms with van der Waals surface area (Å²) < 4.78 is 7.53. The molecule has 0 saturated heterocycles. The summed E-state index contributed by atoms with van der Waals surface area (Å²) in [7, 11) is 0. The van der Waals surface area contributed by atoms with Gasteiger partial charge in [0, 0.05) is 24.6 Å². The van der Waals surface area contributed by atoms with Crippen LogP contribution in [0.5, 0.6) is 11.6 Å². The lowest BCUT2D eigenvalue weighted by Crippen LogP contribution is -2.21. The summed E-state index contributed by atoms with van der Waals surface area (Å²) in [5, 5.41) is 3.13. The third-order valence-electron chi connectivity index (χ3n) is 3.96. The first-order valence-electron chi connectivity index (χ1n) is 8.16. The molecule has 1 aliphatic rings. The second kappa shape index (κ2) is 7.76. The smallest absolute Gasteiger partial charge is 0.325 e. The molecule has 25 heavy (non-hydrogen) atoms. The zero-order chi connectivity index (χ0) is 17.6. The van der Waals surface area contributed by atoms with Crippen LogP contribution in [0, 0.1) is 0 Å². The number of nitrogens with two attached hydrogens (primary N) is 1. The van der Waals surface area contributed by atoms with E-state index in [9.17, 15) is 0 Å². The van der Waals surface area contributed by atoms with Crippen molar-refractivity contribution in [3.63, 3.8) is 0 Å². The van der Waals surface area contributed by atoms with Crippen molar-refractivity contribution in [1.29, 1.82) is 0 Å². The van der Waals surface area contributed by atoms with Crippen LogP contribution in [-0.4, -0.2) is 34.4 Å². The summed E-state index contributed by atoms with van der Waals surface area (Å²) in [5.41, 5.74) is 2.28. The summed E-state index contributed by atoms with van der Waals surface area (Å²) in [6.45, 7) is 9.52. The molecule has 1 aliphatic heterocycles. The van der Waals surface area contributed by atoms with Crippen LogP contribution in [0.15, 0.2) is 42.9 Å². The maximum absolute atomic E-state index is 5.56. The second-order valence-corrected chi connectivity index (χ2v) is 5.80. The molecule has 130 valence electrons. The third-order valence-corrected chi connectivity index (χ3v) is 3.96. The predicted octanol–water partition coefficient (Wildman–Crippen LogP) is 1.70. The first-order valence-corrected chi connectivity index (χ1v) is 8.16. The number of pyridine rings is 2. The van der Waals surface area contributed by atoms with Gasteiger partial charge in [0.1, 0.15) is 5.75 Å². The molecule has 0 radical (unpaired) electrons. The Hall–Kier alpha value is -2.93. The van der Waals surface area contributed by atoms with Gasteiger partial charge in [0.05, 0.1) is 19.5 Å². The third kappa shape index (κ3) is 4.33. The van der Waals surface area contributed by atoms with E-state index in [4.69, 9.17) is 15.6 Å². The highest BCUT2D eigenvalue weighted by Crippen LogP contribution is 2.22. The number of ether oxygens (including phenoxy) is 1. The molecule has 0 unspecified atom stereocenters. The monoisotopic (exact) mass is 340 g/mol. The molecule has 0 atom stereocenters. The number of hydrogen-bond acceptors (Lipinski definition) is 6. The zero-order valence-corrected chi connectivity index (χ0v) is 14.1.